The molecule has 2 aliphatic carbocycles. The van der Waals surface area contributed by atoms with Gasteiger partial charge in [-0.3, -0.25) is 0 Å². The Morgan fingerprint density at radius 1 is 0.725 bits per heavy atom. The average molecular weight is 685 g/mol. The van der Waals surface area contributed by atoms with Crippen molar-refractivity contribution < 1.29 is 0 Å². The summed E-state index contributed by atoms with van der Waals surface area (Å²) in [4.78, 5) is 19.7. The van der Waals surface area contributed by atoms with Gasteiger partial charge in [-0.15, -0.1) is 0 Å². The molecule has 2 aromatic carbocycles. The molecule has 4 aromatic rings. The molecule has 3 fully saturated rings. The highest BCUT2D eigenvalue weighted by molar-refractivity contribution is 5.71. The molecule has 0 amide bonds. The molecule has 0 radical (unpaired) electrons. The standard InChI is InChI=1S/C45H60N6/c1-6-30(2)48-43(39-16-11-8-12-17-39)32(4)44-46-28-40(49-44)37-23-19-35(20-24-37)36-21-25-38(26-22-36)41-29-47-45(50-41)42-18-13-27-51(42)33(5)31(3)34-14-9-7-10-15-34/h19-26,28-29,31-32,34,39,42-43,48H,2,5-18,27H2,1,3-4H3,(H,46,49)(H,47,50)/t31?,32-,42?,43?/m1/s1. The molecule has 3 unspecified atom stereocenters. The van der Waals surface area contributed by atoms with E-state index in [2.05, 4.69) is 103 Å². The van der Waals surface area contributed by atoms with Crippen LogP contribution in [0.25, 0.3) is 33.6 Å². The van der Waals surface area contributed by atoms with Crippen molar-refractivity contribution in [3.63, 3.8) is 0 Å². The van der Waals surface area contributed by atoms with Crippen molar-refractivity contribution in [3.05, 3.63) is 97.1 Å². The number of hydrogen-bond donors (Lipinski definition) is 3. The van der Waals surface area contributed by atoms with E-state index in [1.807, 2.05) is 12.4 Å². The SMILES string of the molecule is C=C(CC)NC(C1CCCCC1)[C@@H](C)c1ncc(-c2ccc(-c3ccc(-c4cnc(C5CCCN5C(=C)C(C)C5CCCCC5)[nH]4)cc3)cc2)[nH]1. The minimum atomic E-state index is 0.278. The molecule has 3 aliphatic rings. The average Bonchev–Trinajstić information content (AvgIpc) is 3.99. The van der Waals surface area contributed by atoms with Gasteiger partial charge in [0.2, 0.25) is 0 Å². The lowest BCUT2D eigenvalue weighted by Crippen LogP contribution is -2.40. The number of likely N-dealkylation sites (tertiary alicyclic amines) is 1. The third-order valence-corrected chi connectivity index (χ3v) is 12.7. The van der Waals surface area contributed by atoms with E-state index in [-0.39, 0.29) is 5.92 Å². The molecule has 1 aliphatic heterocycles. The lowest BCUT2D eigenvalue weighted by Gasteiger charge is -2.36. The van der Waals surface area contributed by atoms with Crippen molar-refractivity contribution >= 4 is 0 Å². The molecule has 51 heavy (non-hydrogen) atoms. The number of nitrogens with one attached hydrogen (secondary N) is 3. The van der Waals surface area contributed by atoms with E-state index >= 15 is 0 Å². The molecule has 0 bridgehead atoms. The quantitative estimate of drug-likeness (QED) is 0.131. The molecule has 0 spiro atoms. The Hall–Kier alpha value is -4.06. The first kappa shape index (κ1) is 35.3. The van der Waals surface area contributed by atoms with Crippen LogP contribution in [0.4, 0.5) is 0 Å². The second kappa shape index (κ2) is 16.1. The summed E-state index contributed by atoms with van der Waals surface area (Å²) in [7, 11) is 0. The molecular formula is C45H60N6. The van der Waals surface area contributed by atoms with Gasteiger partial charge in [0.15, 0.2) is 0 Å². The third-order valence-electron chi connectivity index (χ3n) is 12.7. The van der Waals surface area contributed by atoms with E-state index in [9.17, 15) is 0 Å². The second-order valence-corrected chi connectivity index (χ2v) is 15.9. The van der Waals surface area contributed by atoms with Gasteiger partial charge >= 0.3 is 0 Å². The van der Waals surface area contributed by atoms with Crippen molar-refractivity contribution in [3.8, 4) is 33.6 Å². The van der Waals surface area contributed by atoms with Crippen LogP contribution in [0.5, 0.6) is 0 Å². The summed E-state index contributed by atoms with van der Waals surface area (Å²) in [6.07, 6.45) is 20.7. The van der Waals surface area contributed by atoms with Crippen molar-refractivity contribution in [2.24, 2.45) is 17.8 Å². The molecule has 2 aromatic heterocycles. The molecule has 3 heterocycles. The summed E-state index contributed by atoms with van der Waals surface area (Å²) in [6.45, 7) is 16.9. The lowest BCUT2D eigenvalue weighted by atomic mass is 9.78. The Morgan fingerprint density at radius 2 is 1.27 bits per heavy atom. The summed E-state index contributed by atoms with van der Waals surface area (Å²) >= 11 is 0. The Kier molecular flexibility index (Phi) is 11.2. The number of allylic oxidation sites excluding steroid dienone is 2. The fourth-order valence-corrected chi connectivity index (χ4v) is 9.27. The Morgan fingerprint density at radius 3 is 1.88 bits per heavy atom. The molecule has 7 rings (SSSR count). The summed E-state index contributed by atoms with van der Waals surface area (Å²) < 4.78 is 0. The van der Waals surface area contributed by atoms with E-state index in [0.717, 1.165) is 65.2 Å². The number of aromatic nitrogens is 4. The number of benzene rings is 2. The number of aromatic amines is 2. The normalized spacial score (nSPS) is 20.6. The van der Waals surface area contributed by atoms with Crippen molar-refractivity contribution in [1.29, 1.82) is 0 Å². The molecule has 3 N–H and O–H groups in total. The number of nitrogens with zero attached hydrogens (tertiary/aromatic N) is 3. The number of imidazole rings is 2. The van der Waals surface area contributed by atoms with Gasteiger partial charge in [0.1, 0.15) is 11.6 Å². The van der Waals surface area contributed by atoms with Gasteiger partial charge in [-0.05, 0) is 85.0 Å². The Balaban J connectivity index is 0.996. The maximum Gasteiger partial charge on any atom is 0.129 e. The monoisotopic (exact) mass is 684 g/mol. The summed E-state index contributed by atoms with van der Waals surface area (Å²) in [6, 6.07) is 18.4. The largest absolute Gasteiger partial charge is 0.385 e. The zero-order chi connectivity index (χ0) is 35.3. The predicted octanol–water partition coefficient (Wildman–Crippen LogP) is 11.6. The second-order valence-electron chi connectivity index (χ2n) is 15.9. The topological polar surface area (TPSA) is 72.6 Å². The number of hydrogen-bond acceptors (Lipinski definition) is 4. The molecule has 270 valence electrons. The highest BCUT2D eigenvalue weighted by Gasteiger charge is 2.34. The molecule has 6 heteroatoms. The molecular weight excluding hydrogens is 625 g/mol. The first-order valence-corrected chi connectivity index (χ1v) is 20.1. The van der Waals surface area contributed by atoms with Crippen LogP contribution >= 0.6 is 0 Å². The van der Waals surface area contributed by atoms with Crippen LogP contribution in [-0.4, -0.2) is 37.4 Å². The molecule has 4 atom stereocenters. The zero-order valence-corrected chi connectivity index (χ0v) is 31.4. The first-order valence-electron chi connectivity index (χ1n) is 20.1. The van der Waals surface area contributed by atoms with Gasteiger partial charge in [-0.1, -0.05) is 121 Å². The van der Waals surface area contributed by atoms with E-state index in [0.29, 0.717) is 23.9 Å². The van der Waals surface area contributed by atoms with Crippen LogP contribution in [0.15, 0.2) is 85.5 Å². The van der Waals surface area contributed by atoms with Crippen molar-refractivity contribution in [1.82, 2.24) is 30.2 Å². The van der Waals surface area contributed by atoms with Gasteiger partial charge in [0.05, 0.1) is 29.8 Å². The lowest BCUT2D eigenvalue weighted by molar-refractivity contribution is 0.218. The summed E-state index contributed by atoms with van der Waals surface area (Å²) in [5.41, 5.74) is 9.31. The van der Waals surface area contributed by atoms with E-state index < -0.39 is 0 Å². The van der Waals surface area contributed by atoms with Crippen LogP contribution in [0.1, 0.15) is 128 Å². The van der Waals surface area contributed by atoms with Crippen molar-refractivity contribution in [2.45, 2.75) is 122 Å². The first-order chi connectivity index (χ1) is 24.9. The van der Waals surface area contributed by atoms with Gasteiger partial charge in [-0.25, -0.2) is 9.97 Å². The highest BCUT2D eigenvalue weighted by Crippen LogP contribution is 2.41. The zero-order valence-electron chi connectivity index (χ0n) is 31.4. The van der Waals surface area contributed by atoms with Gasteiger partial charge < -0.3 is 20.2 Å². The van der Waals surface area contributed by atoms with Crippen LogP contribution in [0.3, 0.4) is 0 Å². The van der Waals surface area contributed by atoms with Gasteiger partial charge in [0.25, 0.3) is 0 Å². The molecule has 1 saturated heterocycles. The van der Waals surface area contributed by atoms with E-state index in [1.54, 1.807) is 0 Å². The van der Waals surface area contributed by atoms with Crippen LogP contribution in [0, 0.1) is 17.8 Å². The fraction of sp³-hybridized carbons (Fsp3) is 0.511. The van der Waals surface area contributed by atoms with Crippen molar-refractivity contribution in [2.75, 3.05) is 6.54 Å². The van der Waals surface area contributed by atoms with E-state index in [1.165, 1.54) is 87.5 Å². The van der Waals surface area contributed by atoms with Crippen LogP contribution in [0.2, 0.25) is 0 Å². The van der Waals surface area contributed by atoms with Crippen LogP contribution in [-0.2, 0) is 0 Å². The number of rotatable bonds is 13. The van der Waals surface area contributed by atoms with Gasteiger partial charge in [0, 0.05) is 29.9 Å². The Bertz CT molecular complexity index is 1730. The van der Waals surface area contributed by atoms with Gasteiger partial charge in [-0.2, -0.15) is 0 Å². The summed E-state index contributed by atoms with van der Waals surface area (Å²) in [5, 5.41) is 3.79. The maximum atomic E-state index is 4.91. The number of H-pyrrole nitrogens is 2. The van der Waals surface area contributed by atoms with E-state index in [4.69, 9.17) is 9.97 Å². The molecule has 2 saturated carbocycles. The summed E-state index contributed by atoms with van der Waals surface area (Å²) in [5.74, 6) is 4.38. The van der Waals surface area contributed by atoms with Crippen LogP contribution < -0.4 is 5.32 Å². The minimum absolute atomic E-state index is 0.278. The molecule has 6 nitrogen and oxygen atoms in total. The maximum absolute atomic E-state index is 4.91. The highest BCUT2D eigenvalue weighted by atomic mass is 15.2. The third kappa shape index (κ3) is 7.90. The smallest absolute Gasteiger partial charge is 0.129 e. The predicted molar refractivity (Wildman–Crippen MR) is 212 cm³/mol. The fourth-order valence-electron chi connectivity index (χ4n) is 9.27. The Labute approximate surface area is 306 Å². The minimum Gasteiger partial charge on any atom is -0.385 e.